The highest BCUT2D eigenvalue weighted by Crippen LogP contribution is 2.38. The van der Waals surface area contributed by atoms with Gasteiger partial charge in [0.05, 0.1) is 11.6 Å². The largest absolute Gasteiger partial charge is 0.359 e. The van der Waals surface area contributed by atoms with Crippen LogP contribution in [0.25, 0.3) is 0 Å². The maximum absolute atomic E-state index is 13.9. The van der Waals surface area contributed by atoms with Gasteiger partial charge in [-0.05, 0) is 24.3 Å². The molecule has 0 bridgehead atoms. The van der Waals surface area contributed by atoms with Gasteiger partial charge in [0.15, 0.2) is 0 Å². The summed E-state index contributed by atoms with van der Waals surface area (Å²) in [7, 11) is 1.55. The summed E-state index contributed by atoms with van der Waals surface area (Å²) in [5.41, 5.74) is 0.826. The molecule has 1 saturated carbocycles. The number of rotatable bonds is 5. The molecular formula is C20H17ClF3N3O. The summed E-state index contributed by atoms with van der Waals surface area (Å²) in [5.74, 6) is -3.93. The molecule has 0 spiro atoms. The van der Waals surface area contributed by atoms with Gasteiger partial charge in [0.25, 0.3) is 5.92 Å². The number of hydrogen-bond donors (Lipinski definition) is 1. The van der Waals surface area contributed by atoms with Crippen LogP contribution in [0, 0.1) is 17.1 Å². The number of carbonyl (C=O) groups is 1. The van der Waals surface area contributed by atoms with E-state index < -0.39 is 42.6 Å². The summed E-state index contributed by atoms with van der Waals surface area (Å²) in [5, 5.41) is 12.0. The Kier molecular flexibility index (Phi) is 5.52. The molecule has 2 aromatic carbocycles. The SMILES string of the molecule is CN(c1cc(F)cc(C#N)c1)C(C(=O)NC1CC(F)(F)C1)c1ccccc1Cl. The molecule has 1 atom stereocenters. The molecule has 1 amide bonds. The van der Waals surface area contributed by atoms with E-state index in [2.05, 4.69) is 5.32 Å². The number of hydrogen-bond acceptors (Lipinski definition) is 3. The molecule has 3 rings (SSSR count). The van der Waals surface area contributed by atoms with Gasteiger partial charge in [-0.15, -0.1) is 0 Å². The van der Waals surface area contributed by atoms with E-state index in [9.17, 15) is 18.0 Å². The molecule has 28 heavy (non-hydrogen) atoms. The smallest absolute Gasteiger partial charge is 0.252 e. The number of likely N-dealkylation sites (N-methyl/N-ethyl adjacent to an activating group) is 1. The maximum Gasteiger partial charge on any atom is 0.252 e. The average Bonchev–Trinajstić information content (AvgIpc) is 2.61. The Labute approximate surface area is 165 Å². The Morgan fingerprint density at radius 2 is 2.00 bits per heavy atom. The minimum absolute atomic E-state index is 0.0961. The van der Waals surface area contributed by atoms with Gasteiger partial charge >= 0.3 is 0 Å². The lowest BCUT2D eigenvalue weighted by Gasteiger charge is -2.38. The van der Waals surface area contributed by atoms with Crippen LogP contribution in [0.15, 0.2) is 42.5 Å². The molecule has 1 aliphatic rings. The average molecular weight is 408 g/mol. The quantitative estimate of drug-likeness (QED) is 0.797. The van der Waals surface area contributed by atoms with E-state index in [1.165, 1.54) is 17.0 Å². The normalized spacial score (nSPS) is 16.6. The van der Waals surface area contributed by atoms with Gasteiger partial charge in [-0.1, -0.05) is 29.8 Å². The van der Waals surface area contributed by atoms with Gasteiger partial charge in [0, 0.05) is 42.2 Å². The number of halogens is 4. The van der Waals surface area contributed by atoms with Crippen LogP contribution in [0.2, 0.25) is 5.02 Å². The molecule has 0 aliphatic heterocycles. The van der Waals surface area contributed by atoms with Crippen molar-refractivity contribution in [2.24, 2.45) is 0 Å². The monoisotopic (exact) mass is 407 g/mol. The van der Waals surface area contributed by atoms with Crippen LogP contribution in [0.3, 0.4) is 0 Å². The van der Waals surface area contributed by atoms with E-state index in [0.29, 0.717) is 10.6 Å². The summed E-state index contributed by atoms with van der Waals surface area (Å²) < 4.78 is 40.1. The van der Waals surface area contributed by atoms with Gasteiger partial charge in [-0.25, -0.2) is 13.2 Å². The van der Waals surface area contributed by atoms with Crippen molar-refractivity contribution in [3.05, 3.63) is 64.4 Å². The van der Waals surface area contributed by atoms with Gasteiger partial charge in [-0.2, -0.15) is 5.26 Å². The van der Waals surface area contributed by atoms with Crippen molar-refractivity contribution in [1.29, 1.82) is 5.26 Å². The second-order valence-corrected chi connectivity index (χ2v) is 7.22. The number of carbonyl (C=O) groups excluding carboxylic acids is 1. The first-order chi connectivity index (χ1) is 13.2. The van der Waals surface area contributed by atoms with E-state index in [0.717, 1.165) is 6.07 Å². The number of anilines is 1. The fourth-order valence-corrected chi connectivity index (χ4v) is 3.50. The Hall–Kier alpha value is -2.72. The molecule has 0 aromatic heterocycles. The molecule has 0 radical (unpaired) electrons. The van der Waals surface area contributed by atoms with Crippen LogP contribution in [0.5, 0.6) is 0 Å². The van der Waals surface area contributed by atoms with Gasteiger partial charge in [-0.3, -0.25) is 4.79 Å². The summed E-state index contributed by atoms with van der Waals surface area (Å²) in [6, 6.07) is 10.6. The highest BCUT2D eigenvalue weighted by Gasteiger charge is 2.46. The molecule has 2 aromatic rings. The highest BCUT2D eigenvalue weighted by atomic mass is 35.5. The Morgan fingerprint density at radius 1 is 1.32 bits per heavy atom. The standard InChI is InChI=1S/C20H17ClF3N3O/c1-27(15-7-12(11-25)6-13(22)8-15)18(16-4-2-3-5-17(16)21)19(28)26-14-9-20(23,24)10-14/h2-8,14,18H,9-10H2,1H3,(H,26,28). The summed E-state index contributed by atoms with van der Waals surface area (Å²) >= 11 is 6.26. The zero-order valence-corrected chi connectivity index (χ0v) is 15.7. The lowest BCUT2D eigenvalue weighted by Crippen LogP contribution is -2.53. The minimum atomic E-state index is -2.77. The van der Waals surface area contributed by atoms with Crippen LogP contribution < -0.4 is 10.2 Å². The predicted molar refractivity (Wildman–Crippen MR) is 99.8 cm³/mol. The van der Waals surface area contributed by atoms with Crippen molar-refractivity contribution in [3.8, 4) is 6.07 Å². The fraction of sp³-hybridized carbons (Fsp3) is 0.300. The van der Waals surface area contributed by atoms with E-state index >= 15 is 0 Å². The summed E-state index contributed by atoms with van der Waals surface area (Å²) in [6.07, 6.45) is -0.841. The van der Waals surface area contributed by atoms with Crippen LogP contribution >= 0.6 is 11.6 Å². The molecule has 4 nitrogen and oxygen atoms in total. The van der Waals surface area contributed by atoms with Crippen LogP contribution in [0.1, 0.15) is 30.0 Å². The predicted octanol–water partition coefficient (Wildman–Crippen LogP) is 4.44. The second kappa shape index (κ2) is 7.72. The third-order valence-corrected chi connectivity index (χ3v) is 5.04. The lowest BCUT2D eigenvalue weighted by molar-refractivity contribution is -0.130. The van der Waals surface area contributed by atoms with Crippen molar-refractivity contribution in [1.82, 2.24) is 5.32 Å². The zero-order chi connectivity index (χ0) is 20.5. The third-order valence-electron chi connectivity index (χ3n) is 4.69. The van der Waals surface area contributed by atoms with Crippen LogP contribution in [-0.2, 0) is 4.79 Å². The number of nitrogens with zero attached hydrogens (tertiary/aromatic N) is 2. The van der Waals surface area contributed by atoms with E-state index in [1.54, 1.807) is 31.3 Å². The highest BCUT2D eigenvalue weighted by molar-refractivity contribution is 6.31. The fourth-order valence-electron chi connectivity index (χ4n) is 3.26. The molecule has 0 heterocycles. The lowest BCUT2D eigenvalue weighted by atomic mass is 9.87. The summed E-state index contributed by atoms with van der Waals surface area (Å²) in [4.78, 5) is 14.4. The van der Waals surface area contributed by atoms with E-state index in [-0.39, 0.29) is 11.3 Å². The molecule has 1 aliphatic carbocycles. The van der Waals surface area contributed by atoms with Crippen molar-refractivity contribution in [2.45, 2.75) is 30.8 Å². The third kappa shape index (κ3) is 4.23. The van der Waals surface area contributed by atoms with Crippen LogP contribution in [-0.4, -0.2) is 24.9 Å². The number of nitriles is 1. The summed E-state index contributed by atoms with van der Waals surface area (Å²) in [6.45, 7) is 0. The first-order valence-electron chi connectivity index (χ1n) is 8.56. The van der Waals surface area contributed by atoms with Gasteiger partial charge in [0.2, 0.25) is 5.91 Å². The minimum Gasteiger partial charge on any atom is -0.359 e. The first kappa shape index (κ1) is 20.0. The molecule has 0 saturated heterocycles. The Morgan fingerprint density at radius 3 is 2.61 bits per heavy atom. The topological polar surface area (TPSA) is 56.1 Å². The molecule has 146 valence electrons. The number of benzene rings is 2. The maximum atomic E-state index is 13.9. The van der Waals surface area contributed by atoms with E-state index in [4.69, 9.17) is 16.9 Å². The van der Waals surface area contributed by atoms with Gasteiger partial charge in [0.1, 0.15) is 11.9 Å². The van der Waals surface area contributed by atoms with Crippen molar-refractivity contribution in [3.63, 3.8) is 0 Å². The molecular weight excluding hydrogens is 391 g/mol. The second-order valence-electron chi connectivity index (χ2n) is 6.81. The molecule has 1 N–H and O–H groups in total. The molecule has 1 fully saturated rings. The Balaban J connectivity index is 1.94. The Bertz CT molecular complexity index is 937. The van der Waals surface area contributed by atoms with Crippen molar-refractivity contribution >= 4 is 23.2 Å². The zero-order valence-electron chi connectivity index (χ0n) is 14.9. The van der Waals surface area contributed by atoms with Crippen molar-refractivity contribution in [2.75, 3.05) is 11.9 Å². The van der Waals surface area contributed by atoms with Gasteiger partial charge < -0.3 is 10.2 Å². The van der Waals surface area contributed by atoms with Crippen molar-refractivity contribution < 1.29 is 18.0 Å². The number of alkyl halides is 2. The van der Waals surface area contributed by atoms with Crippen LogP contribution in [0.4, 0.5) is 18.9 Å². The molecule has 1 unspecified atom stereocenters. The molecule has 8 heteroatoms. The first-order valence-corrected chi connectivity index (χ1v) is 8.94. The number of amides is 1. The number of nitrogens with one attached hydrogen (secondary N) is 1. The van der Waals surface area contributed by atoms with E-state index in [1.807, 2.05) is 6.07 Å².